The molecule has 3 aromatic carbocycles. The van der Waals surface area contributed by atoms with Crippen LogP contribution < -0.4 is 9.47 Å². The summed E-state index contributed by atoms with van der Waals surface area (Å²) in [6, 6.07) is 17.2. The molecule has 0 fully saturated rings. The molecule has 0 radical (unpaired) electrons. The van der Waals surface area contributed by atoms with Crippen molar-refractivity contribution >= 4 is 11.9 Å². The van der Waals surface area contributed by atoms with E-state index in [2.05, 4.69) is 37.5 Å². The van der Waals surface area contributed by atoms with E-state index in [0.717, 1.165) is 36.8 Å². The van der Waals surface area contributed by atoms with Gasteiger partial charge in [-0.1, -0.05) is 153 Å². The van der Waals surface area contributed by atoms with Gasteiger partial charge < -0.3 is 19.7 Å². The van der Waals surface area contributed by atoms with Crippen molar-refractivity contribution in [3.8, 4) is 35.2 Å². The number of aromatic carboxylic acids is 2. The molecule has 0 aliphatic heterocycles. The van der Waals surface area contributed by atoms with Crippen LogP contribution in [0, 0.1) is 23.7 Å². The number of hydrogen-bond donors (Lipinski definition) is 2. The molecule has 6 heteroatoms. The number of carboxylic acid groups (broad SMARTS) is 2. The number of carbonyl (C=O) groups is 2. The summed E-state index contributed by atoms with van der Waals surface area (Å²) in [6.45, 7) is 5.57. The van der Waals surface area contributed by atoms with Gasteiger partial charge in [-0.2, -0.15) is 0 Å². The van der Waals surface area contributed by atoms with Crippen molar-refractivity contribution < 1.29 is 29.3 Å². The molecule has 0 bridgehead atoms. The van der Waals surface area contributed by atoms with Crippen molar-refractivity contribution in [1.29, 1.82) is 0 Å². The minimum absolute atomic E-state index is 0.143. The monoisotopic (exact) mass is 734 g/mol. The van der Waals surface area contributed by atoms with Crippen molar-refractivity contribution in [2.24, 2.45) is 0 Å². The lowest BCUT2D eigenvalue weighted by Gasteiger charge is -2.08. The molecule has 0 aliphatic carbocycles. The quantitative estimate of drug-likeness (QED) is 0.0630. The fourth-order valence-electron chi connectivity index (χ4n) is 6.24. The van der Waals surface area contributed by atoms with Gasteiger partial charge in [-0.25, -0.2) is 9.59 Å². The summed E-state index contributed by atoms with van der Waals surface area (Å²) in [6.07, 6.45) is 24.8. The molecule has 0 atom stereocenters. The molecule has 6 nitrogen and oxygen atoms in total. The van der Waals surface area contributed by atoms with Gasteiger partial charge in [0.15, 0.2) is 0 Å². The van der Waals surface area contributed by atoms with E-state index in [-0.39, 0.29) is 11.1 Å². The maximum absolute atomic E-state index is 11.8. The largest absolute Gasteiger partial charge is 0.494 e. The van der Waals surface area contributed by atoms with Crippen molar-refractivity contribution in [3.05, 3.63) is 94.0 Å². The van der Waals surface area contributed by atoms with Crippen LogP contribution in [0.1, 0.15) is 185 Å². The Hall–Kier alpha value is -4.68. The zero-order valence-electron chi connectivity index (χ0n) is 32.9. The minimum Gasteiger partial charge on any atom is -0.494 e. The van der Waals surface area contributed by atoms with Crippen LogP contribution in [0.25, 0.3) is 0 Å². The molecular formula is C48H62O6. The predicted molar refractivity (Wildman–Crippen MR) is 220 cm³/mol. The number of benzene rings is 3. The van der Waals surface area contributed by atoms with Crippen molar-refractivity contribution in [2.75, 3.05) is 13.2 Å². The Morgan fingerprint density at radius 1 is 0.426 bits per heavy atom. The van der Waals surface area contributed by atoms with Crippen LogP contribution in [0.5, 0.6) is 11.5 Å². The van der Waals surface area contributed by atoms with Crippen molar-refractivity contribution in [3.63, 3.8) is 0 Å². The van der Waals surface area contributed by atoms with Gasteiger partial charge in [0.1, 0.15) is 11.5 Å². The smallest absolute Gasteiger partial charge is 0.335 e. The average Bonchev–Trinajstić information content (AvgIpc) is 3.17. The van der Waals surface area contributed by atoms with E-state index in [1.807, 2.05) is 24.3 Å². The first kappa shape index (κ1) is 43.7. The molecule has 0 unspecified atom stereocenters. The summed E-state index contributed by atoms with van der Waals surface area (Å²) in [5.74, 6) is 11.4. The Morgan fingerprint density at radius 2 is 0.722 bits per heavy atom. The van der Waals surface area contributed by atoms with Gasteiger partial charge in [0.25, 0.3) is 0 Å². The Morgan fingerprint density at radius 3 is 1.04 bits per heavy atom. The van der Waals surface area contributed by atoms with E-state index in [1.54, 1.807) is 36.4 Å². The van der Waals surface area contributed by atoms with Gasteiger partial charge >= 0.3 is 11.9 Å². The molecule has 0 saturated heterocycles. The Bertz CT molecular complexity index is 1540. The number of unbranched alkanes of at least 4 members (excludes halogenated alkanes) is 18. The van der Waals surface area contributed by atoms with Crippen LogP contribution in [0.15, 0.2) is 60.7 Å². The number of hydrogen-bond acceptors (Lipinski definition) is 4. The second kappa shape index (κ2) is 27.0. The zero-order chi connectivity index (χ0) is 38.6. The predicted octanol–water partition coefficient (Wildman–Crippen LogP) is 12.5. The fraction of sp³-hybridized carbons (Fsp3) is 0.500. The standard InChI is InChI=1S/C48H62O6/c1-3-5-7-9-11-13-15-17-19-21-31-53-45-35-41(33-43(37-45)47(49)50)29-27-39-23-25-40(26-24-39)28-30-42-34-44(48(51)52)38-46(36-42)54-32-22-20-18-16-14-12-10-8-6-4-2/h23-26,33-38H,3-22,31-32H2,1-2H3,(H,49,50)(H,51,52). The zero-order valence-corrected chi connectivity index (χ0v) is 32.9. The Kier molecular flexibility index (Phi) is 21.8. The van der Waals surface area contributed by atoms with Gasteiger partial charge in [-0.05, 0) is 73.5 Å². The van der Waals surface area contributed by atoms with E-state index < -0.39 is 11.9 Å². The van der Waals surface area contributed by atoms with Gasteiger partial charge in [0, 0.05) is 22.3 Å². The summed E-state index contributed by atoms with van der Waals surface area (Å²) >= 11 is 0. The Labute approximate surface area is 325 Å². The summed E-state index contributed by atoms with van der Waals surface area (Å²) < 4.78 is 11.9. The molecule has 0 amide bonds. The number of carboxylic acids is 2. The SMILES string of the molecule is CCCCCCCCCCCCOc1cc(C#Cc2ccc(C#Cc3cc(OCCCCCCCCCCCC)cc(C(=O)O)c3)cc2)cc(C(=O)O)c1. The summed E-state index contributed by atoms with van der Waals surface area (Å²) in [5, 5.41) is 19.3. The molecule has 3 rings (SSSR count). The second-order valence-corrected chi connectivity index (χ2v) is 14.2. The second-order valence-electron chi connectivity index (χ2n) is 14.2. The summed E-state index contributed by atoms with van der Waals surface area (Å²) in [5.41, 5.74) is 2.94. The highest BCUT2D eigenvalue weighted by molar-refractivity contribution is 5.89. The highest BCUT2D eigenvalue weighted by atomic mass is 16.5. The molecule has 54 heavy (non-hydrogen) atoms. The Balaban J connectivity index is 1.50. The van der Waals surface area contributed by atoms with Crippen molar-refractivity contribution in [1.82, 2.24) is 0 Å². The highest BCUT2D eigenvalue weighted by Crippen LogP contribution is 2.20. The molecule has 2 N–H and O–H groups in total. The maximum atomic E-state index is 11.8. The molecule has 0 spiro atoms. The van der Waals surface area contributed by atoms with Crippen LogP contribution in [0.2, 0.25) is 0 Å². The summed E-state index contributed by atoms with van der Waals surface area (Å²) in [4.78, 5) is 23.6. The third-order valence-electron chi connectivity index (χ3n) is 9.43. The van der Waals surface area contributed by atoms with Gasteiger partial charge in [0.2, 0.25) is 0 Å². The van der Waals surface area contributed by atoms with Crippen LogP contribution in [-0.4, -0.2) is 35.4 Å². The van der Waals surface area contributed by atoms with Crippen LogP contribution >= 0.6 is 0 Å². The molecule has 0 aliphatic rings. The van der Waals surface area contributed by atoms with Crippen LogP contribution in [-0.2, 0) is 0 Å². The molecular weight excluding hydrogens is 673 g/mol. The molecule has 0 saturated carbocycles. The van der Waals surface area contributed by atoms with E-state index >= 15 is 0 Å². The number of rotatable bonds is 26. The molecule has 290 valence electrons. The van der Waals surface area contributed by atoms with Gasteiger partial charge in [0.05, 0.1) is 24.3 Å². The van der Waals surface area contributed by atoms with E-state index in [4.69, 9.17) is 9.47 Å². The topological polar surface area (TPSA) is 93.1 Å². The highest BCUT2D eigenvalue weighted by Gasteiger charge is 2.09. The van der Waals surface area contributed by atoms with E-state index in [9.17, 15) is 19.8 Å². The average molecular weight is 735 g/mol. The first-order chi connectivity index (χ1) is 26.4. The van der Waals surface area contributed by atoms with Gasteiger partial charge in [-0.3, -0.25) is 0 Å². The molecule has 0 heterocycles. The molecule has 3 aromatic rings. The normalized spacial score (nSPS) is 10.6. The molecule has 0 aromatic heterocycles. The minimum atomic E-state index is -1.02. The maximum Gasteiger partial charge on any atom is 0.335 e. The van der Waals surface area contributed by atoms with E-state index in [1.165, 1.54) is 103 Å². The lowest BCUT2D eigenvalue weighted by molar-refractivity contribution is 0.0685. The third-order valence-corrected chi connectivity index (χ3v) is 9.43. The van der Waals surface area contributed by atoms with E-state index in [0.29, 0.717) is 35.8 Å². The first-order valence-electron chi connectivity index (χ1n) is 20.5. The van der Waals surface area contributed by atoms with Crippen LogP contribution in [0.4, 0.5) is 0 Å². The van der Waals surface area contributed by atoms with Gasteiger partial charge in [-0.15, -0.1) is 0 Å². The lowest BCUT2D eigenvalue weighted by Crippen LogP contribution is -2.01. The van der Waals surface area contributed by atoms with Crippen LogP contribution in [0.3, 0.4) is 0 Å². The van der Waals surface area contributed by atoms with Crippen molar-refractivity contribution in [2.45, 2.75) is 142 Å². The number of ether oxygens (including phenoxy) is 2. The first-order valence-corrected chi connectivity index (χ1v) is 20.5. The summed E-state index contributed by atoms with van der Waals surface area (Å²) in [7, 11) is 0. The third kappa shape index (κ3) is 18.9. The fourth-order valence-corrected chi connectivity index (χ4v) is 6.24. The lowest BCUT2D eigenvalue weighted by atomic mass is 10.1.